The zero-order valence-electron chi connectivity index (χ0n) is 6.10. The fraction of sp³-hybridized carbons (Fsp3) is 0.143. The van der Waals surface area contributed by atoms with Gasteiger partial charge in [-0.05, 0) is 30.7 Å². The third-order valence-electron chi connectivity index (χ3n) is 1.34. The molecule has 0 unspecified atom stereocenters. The van der Waals surface area contributed by atoms with E-state index in [-0.39, 0.29) is 17.0 Å². The van der Waals surface area contributed by atoms with Gasteiger partial charge in [-0.2, -0.15) is 0 Å². The quantitative estimate of drug-likeness (QED) is 0.582. The zero-order valence-corrected chi connectivity index (χ0v) is 8.56. The summed E-state index contributed by atoms with van der Waals surface area (Å²) < 4.78 is 0. The van der Waals surface area contributed by atoms with Gasteiger partial charge in [0.15, 0.2) is 0 Å². The molecule has 1 rings (SSSR count). The normalized spacial score (nSPS) is 8.64. The van der Waals surface area contributed by atoms with Gasteiger partial charge in [-0.3, -0.25) is 5.84 Å². The number of hydrogen-bond acceptors (Lipinski definition) is 2. The molecule has 0 radical (unpaired) electrons. The lowest BCUT2D eigenvalue weighted by Gasteiger charge is -2.03. The summed E-state index contributed by atoms with van der Waals surface area (Å²) in [6.07, 6.45) is 0. The molecule has 0 heterocycles. The van der Waals surface area contributed by atoms with Crippen molar-refractivity contribution in [2.45, 2.75) is 6.92 Å². The first-order valence-electron chi connectivity index (χ1n) is 2.97. The summed E-state index contributed by atoms with van der Waals surface area (Å²) in [5.41, 5.74) is 4.52. The van der Waals surface area contributed by atoms with Gasteiger partial charge in [-0.1, -0.05) is 11.6 Å². The Balaban J connectivity index is 0.000001000. The smallest absolute Gasteiger partial charge is 0.0515 e. The third kappa shape index (κ3) is 2.69. The van der Waals surface area contributed by atoms with Crippen LogP contribution in [0.4, 0.5) is 5.69 Å². The van der Waals surface area contributed by atoms with Crippen molar-refractivity contribution in [2.75, 3.05) is 5.43 Å². The van der Waals surface area contributed by atoms with Gasteiger partial charge < -0.3 is 5.43 Å². The van der Waals surface area contributed by atoms with Crippen molar-refractivity contribution >= 4 is 34.3 Å². The van der Waals surface area contributed by atoms with Crippen LogP contribution >= 0.6 is 28.6 Å². The summed E-state index contributed by atoms with van der Waals surface area (Å²) in [7, 11) is 0. The molecule has 62 valence electrons. The number of hydrogen-bond donors (Lipinski definition) is 2. The van der Waals surface area contributed by atoms with Crippen LogP contribution < -0.4 is 11.3 Å². The minimum Gasteiger partial charge on any atom is -0.324 e. The summed E-state index contributed by atoms with van der Waals surface area (Å²) in [5.74, 6) is 5.21. The predicted molar refractivity (Wildman–Crippen MR) is 54.3 cm³/mol. The van der Waals surface area contributed by atoms with Crippen LogP contribution in [0, 0.1) is 6.92 Å². The van der Waals surface area contributed by atoms with E-state index in [0.717, 1.165) is 16.3 Å². The Morgan fingerprint density at radius 3 is 2.55 bits per heavy atom. The average molecular weight is 238 g/mol. The van der Waals surface area contributed by atoms with E-state index in [1.165, 1.54) is 0 Å². The molecule has 2 nitrogen and oxygen atoms in total. The molecule has 0 fully saturated rings. The monoisotopic (exact) mass is 236 g/mol. The molecule has 0 saturated carbocycles. The van der Waals surface area contributed by atoms with Gasteiger partial charge in [-0.15, -0.1) is 17.0 Å². The van der Waals surface area contributed by atoms with E-state index in [0.29, 0.717) is 0 Å². The first-order valence-corrected chi connectivity index (χ1v) is 3.34. The molecule has 0 atom stereocenters. The standard InChI is InChI=1S/C7H9ClN2.BrH/c1-5-4-6(8)2-3-7(5)10-9;/h2-4,10H,9H2,1H3;1H. The van der Waals surface area contributed by atoms with Gasteiger partial charge in [0, 0.05) is 5.02 Å². The zero-order chi connectivity index (χ0) is 7.56. The Labute approximate surface area is 81.5 Å². The molecule has 0 spiro atoms. The maximum atomic E-state index is 5.71. The molecule has 0 bridgehead atoms. The van der Waals surface area contributed by atoms with Gasteiger partial charge in [0.2, 0.25) is 0 Å². The van der Waals surface area contributed by atoms with E-state index >= 15 is 0 Å². The second kappa shape index (κ2) is 4.59. The fourth-order valence-corrected chi connectivity index (χ4v) is 1.02. The number of nitrogens with two attached hydrogens (primary N) is 1. The van der Waals surface area contributed by atoms with Crippen LogP contribution in [0.5, 0.6) is 0 Å². The van der Waals surface area contributed by atoms with Crippen molar-refractivity contribution in [3.8, 4) is 0 Å². The van der Waals surface area contributed by atoms with Crippen LogP contribution in [0.25, 0.3) is 0 Å². The first kappa shape index (κ1) is 10.8. The van der Waals surface area contributed by atoms with Gasteiger partial charge in [-0.25, -0.2) is 0 Å². The summed E-state index contributed by atoms with van der Waals surface area (Å²) in [6, 6.07) is 5.50. The Kier molecular flexibility index (Phi) is 4.49. The van der Waals surface area contributed by atoms with Crippen LogP contribution in [0.1, 0.15) is 5.56 Å². The van der Waals surface area contributed by atoms with Crippen LogP contribution in [-0.4, -0.2) is 0 Å². The molecule has 4 heteroatoms. The molecular formula is C7H10BrClN2. The highest BCUT2D eigenvalue weighted by atomic mass is 79.9. The van der Waals surface area contributed by atoms with Crippen molar-refractivity contribution < 1.29 is 0 Å². The largest absolute Gasteiger partial charge is 0.324 e. The average Bonchev–Trinajstić information content (AvgIpc) is 1.88. The summed E-state index contributed by atoms with van der Waals surface area (Å²) in [5, 5.41) is 0.733. The molecular weight excluding hydrogens is 227 g/mol. The minimum absolute atomic E-state index is 0. The van der Waals surface area contributed by atoms with Crippen molar-refractivity contribution in [2.24, 2.45) is 5.84 Å². The first-order chi connectivity index (χ1) is 4.74. The molecule has 0 saturated heterocycles. The summed E-state index contributed by atoms with van der Waals surface area (Å²) in [4.78, 5) is 0. The Bertz CT molecular complexity index is 240. The lowest BCUT2D eigenvalue weighted by Crippen LogP contribution is -2.07. The highest BCUT2D eigenvalue weighted by Crippen LogP contribution is 2.17. The number of hydrazine groups is 1. The van der Waals surface area contributed by atoms with E-state index in [4.69, 9.17) is 17.4 Å². The van der Waals surface area contributed by atoms with Crippen LogP contribution in [0.15, 0.2) is 18.2 Å². The van der Waals surface area contributed by atoms with Crippen LogP contribution in [-0.2, 0) is 0 Å². The molecule has 3 N–H and O–H groups in total. The van der Waals surface area contributed by atoms with E-state index in [1.54, 1.807) is 6.07 Å². The van der Waals surface area contributed by atoms with Gasteiger partial charge in [0.1, 0.15) is 0 Å². The van der Waals surface area contributed by atoms with Gasteiger partial charge in [0.05, 0.1) is 5.69 Å². The summed E-state index contributed by atoms with van der Waals surface area (Å²) in [6.45, 7) is 1.95. The molecule has 0 aliphatic carbocycles. The number of nitrogens with one attached hydrogen (secondary N) is 1. The van der Waals surface area contributed by atoms with Crippen LogP contribution in [0.3, 0.4) is 0 Å². The Morgan fingerprint density at radius 1 is 1.45 bits per heavy atom. The molecule has 0 aliphatic rings. The maximum absolute atomic E-state index is 5.71. The number of benzene rings is 1. The molecule has 1 aromatic rings. The number of halogens is 2. The van der Waals surface area contributed by atoms with Crippen LogP contribution in [0.2, 0.25) is 5.02 Å². The van der Waals surface area contributed by atoms with Crippen molar-refractivity contribution in [3.63, 3.8) is 0 Å². The topological polar surface area (TPSA) is 38.0 Å². The van der Waals surface area contributed by atoms with Gasteiger partial charge in [0.25, 0.3) is 0 Å². The molecule has 0 aliphatic heterocycles. The van der Waals surface area contributed by atoms with E-state index in [1.807, 2.05) is 19.1 Å². The fourth-order valence-electron chi connectivity index (χ4n) is 0.789. The Morgan fingerprint density at radius 2 is 2.09 bits per heavy atom. The second-order valence-corrected chi connectivity index (χ2v) is 2.54. The van der Waals surface area contributed by atoms with Gasteiger partial charge >= 0.3 is 0 Å². The SMILES string of the molecule is Br.Cc1cc(Cl)ccc1NN. The van der Waals surface area contributed by atoms with E-state index < -0.39 is 0 Å². The van der Waals surface area contributed by atoms with E-state index in [9.17, 15) is 0 Å². The Hall–Kier alpha value is -0.250. The highest BCUT2D eigenvalue weighted by molar-refractivity contribution is 8.93. The lowest BCUT2D eigenvalue weighted by molar-refractivity contribution is 1.31. The minimum atomic E-state index is 0. The number of nitrogen functional groups attached to an aromatic ring is 1. The highest BCUT2D eigenvalue weighted by Gasteiger charge is 1.94. The number of rotatable bonds is 1. The van der Waals surface area contributed by atoms with Crippen molar-refractivity contribution in [3.05, 3.63) is 28.8 Å². The molecule has 1 aromatic carbocycles. The third-order valence-corrected chi connectivity index (χ3v) is 1.58. The van der Waals surface area contributed by atoms with Crippen molar-refractivity contribution in [1.82, 2.24) is 0 Å². The lowest BCUT2D eigenvalue weighted by atomic mass is 10.2. The number of anilines is 1. The number of aryl methyl sites for hydroxylation is 1. The maximum Gasteiger partial charge on any atom is 0.0515 e. The molecule has 11 heavy (non-hydrogen) atoms. The second-order valence-electron chi connectivity index (χ2n) is 2.10. The molecule has 0 amide bonds. The van der Waals surface area contributed by atoms with E-state index in [2.05, 4.69) is 5.43 Å². The predicted octanol–water partition coefficient (Wildman–Crippen LogP) is 2.51. The van der Waals surface area contributed by atoms with Crippen molar-refractivity contribution in [1.29, 1.82) is 0 Å². The molecule has 0 aromatic heterocycles. The summed E-state index contributed by atoms with van der Waals surface area (Å²) >= 11 is 5.71.